The predicted molar refractivity (Wildman–Crippen MR) is 71.6 cm³/mol. The van der Waals surface area contributed by atoms with Gasteiger partial charge in [0.05, 0.1) is 18.5 Å². The van der Waals surface area contributed by atoms with Gasteiger partial charge in [-0.05, 0) is 26.0 Å². The van der Waals surface area contributed by atoms with Crippen molar-refractivity contribution in [1.29, 1.82) is 5.26 Å². The van der Waals surface area contributed by atoms with Gasteiger partial charge in [-0.3, -0.25) is 0 Å². The summed E-state index contributed by atoms with van der Waals surface area (Å²) in [6.45, 7) is 4.65. The molecule has 2 aliphatic heterocycles. The highest BCUT2D eigenvalue weighted by Gasteiger charge is 2.52. The number of benzene rings is 1. The van der Waals surface area contributed by atoms with Crippen LogP contribution in [0, 0.1) is 11.3 Å². The van der Waals surface area contributed by atoms with Crippen molar-refractivity contribution in [3.63, 3.8) is 0 Å². The van der Waals surface area contributed by atoms with Gasteiger partial charge in [0.15, 0.2) is 5.79 Å². The zero-order valence-electron chi connectivity index (χ0n) is 11.2. The van der Waals surface area contributed by atoms with Gasteiger partial charge < -0.3 is 14.4 Å². The van der Waals surface area contributed by atoms with Crippen LogP contribution in [0.2, 0.25) is 0 Å². The van der Waals surface area contributed by atoms with Crippen LogP contribution >= 0.6 is 0 Å². The van der Waals surface area contributed by atoms with Crippen molar-refractivity contribution in [1.82, 2.24) is 0 Å². The van der Waals surface area contributed by atoms with Crippen LogP contribution in [-0.2, 0) is 9.47 Å². The molecule has 2 aliphatic rings. The summed E-state index contributed by atoms with van der Waals surface area (Å²) in [6.07, 6.45) is 0.485. The van der Waals surface area contributed by atoms with Gasteiger partial charge in [0.2, 0.25) is 0 Å². The molecule has 2 heterocycles. The summed E-state index contributed by atoms with van der Waals surface area (Å²) >= 11 is 0. The summed E-state index contributed by atoms with van der Waals surface area (Å²) in [5, 5.41) is 9.07. The van der Waals surface area contributed by atoms with Crippen molar-refractivity contribution in [3.8, 4) is 6.07 Å². The molecule has 0 amide bonds. The SMILES string of the molecule is CC1(C)O[C@H]2[C@H](CN(c3ccccc3)[C@H]2CC#N)O1. The Morgan fingerprint density at radius 1 is 1.32 bits per heavy atom. The second kappa shape index (κ2) is 4.52. The summed E-state index contributed by atoms with van der Waals surface area (Å²) in [4.78, 5) is 2.23. The number of nitriles is 1. The average molecular weight is 258 g/mol. The van der Waals surface area contributed by atoms with Gasteiger partial charge in [-0.15, -0.1) is 0 Å². The molecule has 0 bridgehead atoms. The van der Waals surface area contributed by atoms with Gasteiger partial charge in [0.1, 0.15) is 12.2 Å². The van der Waals surface area contributed by atoms with E-state index in [-0.39, 0.29) is 18.2 Å². The number of fused-ring (bicyclic) bond motifs is 1. The van der Waals surface area contributed by atoms with E-state index in [1.165, 1.54) is 0 Å². The molecule has 0 aliphatic carbocycles. The van der Waals surface area contributed by atoms with Crippen LogP contribution in [-0.4, -0.2) is 30.6 Å². The Bertz CT molecular complexity index is 495. The first-order valence-electron chi connectivity index (χ1n) is 6.65. The summed E-state index contributed by atoms with van der Waals surface area (Å²) < 4.78 is 11.9. The monoisotopic (exact) mass is 258 g/mol. The first kappa shape index (κ1) is 12.5. The Labute approximate surface area is 113 Å². The van der Waals surface area contributed by atoms with Gasteiger partial charge >= 0.3 is 0 Å². The minimum Gasteiger partial charge on any atom is -0.362 e. The maximum atomic E-state index is 9.07. The van der Waals surface area contributed by atoms with Crippen LogP contribution in [0.5, 0.6) is 0 Å². The Hall–Kier alpha value is -1.57. The van der Waals surface area contributed by atoms with Crippen molar-refractivity contribution in [2.45, 2.75) is 44.3 Å². The van der Waals surface area contributed by atoms with Crippen molar-refractivity contribution >= 4 is 5.69 Å². The highest BCUT2D eigenvalue weighted by atomic mass is 16.8. The second-order valence-electron chi connectivity index (χ2n) is 5.56. The van der Waals surface area contributed by atoms with E-state index in [0.29, 0.717) is 6.42 Å². The molecule has 3 rings (SSSR count). The average Bonchev–Trinajstić information content (AvgIpc) is 2.85. The van der Waals surface area contributed by atoms with Gasteiger partial charge in [0.25, 0.3) is 0 Å². The molecule has 2 fully saturated rings. The lowest BCUT2D eigenvalue weighted by Crippen LogP contribution is -2.38. The normalized spacial score (nSPS) is 32.1. The molecule has 100 valence electrons. The lowest BCUT2D eigenvalue weighted by atomic mass is 10.1. The first-order chi connectivity index (χ1) is 9.11. The number of hydrogen-bond donors (Lipinski definition) is 0. The molecule has 0 radical (unpaired) electrons. The summed E-state index contributed by atoms with van der Waals surface area (Å²) in [5.41, 5.74) is 1.13. The Morgan fingerprint density at radius 3 is 2.74 bits per heavy atom. The fraction of sp³-hybridized carbons (Fsp3) is 0.533. The molecule has 1 aromatic rings. The van der Waals surface area contributed by atoms with Crippen LogP contribution in [0.3, 0.4) is 0 Å². The number of ether oxygens (including phenoxy) is 2. The molecule has 4 heteroatoms. The third-order valence-corrected chi connectivity index (χ3v) is 3.77. The smallest absolute Gasteiger partial charge is 0.163 e. The van der Waals surface area contributed by atoms with E-state index in [9.17, 15) is 0 Å². The molecular formula is C15H18N2O2. The van der Waals surface area contributed by atoms with Crippen molar-refractivity contribution < 1.29 is 9.47 Å². The van der Waals surface area contributed by atoms with Crippen LogP contribution in [0.1, 0.15) is 20.3 Å². The number of nitrogens with zero attached hydrogens (tertiary/aromatic N) is 2. The predicted octanol–water partition coefficient (Wildman–Crippen LogP) is 2.31. The second-order valence-corrected chi connectivity index (χ2v) is 5.56. The van der Waals surface area contributed by atoms with Crippen LogP contribution in [0.25, 0.3) is 0 Å². The molecule has 0 unspecified atom stereocenters. The third-order valence-electron chi connectivity index (χ3n) is 3.77. The standard InChI is InChI=1S/C15H18N2O2/c1-15(2)18-13-10-17(11-6-4-3-5-7-11)12(8-9-16)14(13)19-15/h3-7,12-14H,8,10H2,1-2H3/t12-,13-,14+/m0/s1. The van der Waals surface area contributed by atoms with Gasteiger partial charge in [-0.2, -0.15) is 5.26 Å². The van der Waals surface area contributed by atoms with E-state index in [1.54, 1.807) is 0 Å². The van der Waals surface area contributed by atoms with E-state index >= 15 is 0 Å². The van der Waals surface area contributed by atoms with Crippen molar-refractivity contribution in [3.05, 3.63) is 30.3 Å². The maximum absolute atomic E-state index is 9.07. The lowest BCUT2D eigenvalue weighted by Gasteiger charge is -2.30. The van der Waals surface area contributed by atoms with Crippen LogP contribution in [0.4, 0.5) is 5.69 Å². The molecule has 0 aromatic heterocycles. The van der Waals surface area contributed by atoms with E-state index in [0.717, 1.165) is 12.2 Å². The molecule has 19 heavy (non-hydrogen) atoms. The largest absolute Gasteiger partial charge is 0.362 e. The molecule has 0 N–H and O–H groups in total. The third kappa shape index (κ3) is 2.20. The quantitative estimate of drug-likeness (QED) is 0.816. The minimum atomic E-state index is -0.536. The first-order valence-corrected chi connectivity index (χ1v) is 6.65. The van der Waals surface area contributed by atoms with Crippen molar-refractivity contribution in [2.24, 2.45) is 0 Å². The summed E-state index contributed by atoms with van der Waals surface area (Å²) in [6, 6.07) is 12.5. The molecule has 0 spiro atoms. The van der Waals surface area contributed by atoms with Crippen LogP contribution < -0.4 is 4.90 Å². The topological polar surface area (TPSA) is 45.5 Å². The number of anilines is 1. The van der Waals surface area contributed by atoms with Gasteiger partial charge in [-0.25, -0.2) is 0 Å². The highest BCUT2D eigenvalue weighted by Crippen LogP contribution is 2.39. The van der Waals surface area contributed by atoms with Crippen LogP contribution in [0.15, 0.2) is 30.3 Å². The van der Waals surface area contributed by atoms with Gasteiger partial charge in [0, 0.05) is 12.2 Å². The molecule has 2 saturated heterocycles. The fourth-order valence-electron chi connectivity index (χ4n) is 3.07. The molecular weight excluding hydrogens is 240 g/mol. The Morgan fingerprint density at radius 2 is 2.05 bits per heavy atom. The van der Waals surface area contributed by atoms with E-state index in [4.69, 9.17) is 14.7 Å². The lowest BCUT2D eigenvalue weighted by molar-refractivity contribution is -0.150. The summed E-state index contributed by atoms with van der Waals surface area (Å²) in [7, 11) is 0. The highest BCUT2D eigenvalue weighted by molar-refractivity contribution is 5.49. The number of rotatable bonds is 2. The maximum Gasteiger partial charge on any atom is 0.163 e. The number of para-hydroxylation sites is 1. The minimum absolute atomic E-state index is 0.0187. The molecule has 0 saturated carbocycles. The van der Waals surface area contributed by atoms with E-state index in [2.05, 4.69) is 23.1 Å². The number of hydrogen-bond acceptors (Lipinski definition) is 4. The zero-order valence-corrected chi connectivity index (χ0v) is 11.2. The Kier molecular flexibility index (Phi) is 2.96. The molecule has 1 aromatic carbocycles. The fourth-order valence-corrected chi connectivity index (χ4v) is 3.07. The Balaban J connectivity index is 1.87. The molecule has 4 nitrogen and oxygen atoms in total. The van der Waals surface area contributed by atoms with Crippen molar-refractivity contribution in [2.75, 3.05) is 11.4 Å². The summed E-state index contributed by atoms with van der Waals surface area (Å²) in [5.74, 6) is -0.536. The zero-order chi connectivity index (χ0) is 13.5. The van der Waals surface area contributed by atoms with E-state index < -0.39 is 5.79 Å². The molecule has 3 atom stereocenters. The van der Waals surface area contributed by atoms with Gasteiger partial charge in [-0.1, -0.05) is 18.2 Å². The van der Waals surface area contributed by atoms with E-state index in [1.807, 2.05) is 32.0 Å².